The van der Waals surface area contributed by atoms with Crippen LogP contribution in [0.1, 0.15) is 135 Å². The maximum absolute atomic E-state index is 3.48. The summed E-state index contributed by atoms with van der Waals surface area (Å²) in [5.41, 5.74) is 0. The van der Waals surface area contributed by atoms with Crippen LogP contribution in [0.25, 0.3) is 0 Å². The van der Waals surface area contributed by atoms with Crippen molar-refractivity contribution in [3.8, 4) is 0 Å². The van der Waals surface area contributed by atoms with Crippen LogP contribution in [-0.4, -0.2) is 5.16 Å². The minimum atomic E-state index is 0.599. The summed E-state index contributed by atoms with van der Waals surface area (Å²) >= 11 is 0. The Bertz CT molecular complexity index is 294. The molecule has 1 atom stereocenters. The quantitative estimate of drug-likeness (QED) is 0.239. The van der Waals surface area contributed by atoms with Crippen LogP contribution in [0.15, 0.2) is 0 Å². The second-order valence-corrected chi connectivity index (χ2v) is 10.4. The molecule has 0 aromatic heterocycles. The van der Waals surface area contributed by atoms with Gasteiger partial charge in [-0.2, -0.15) is 0 Å². The second kappa shape index (κ2) is 12.8. The Balaban J connectivity index is 1.70. The Morgan fingerprint density at radius 1 is 0.600 bits per heavy atom. The lowest BCUT2D eigenvalue weighted by molar-refractivity contribution is 0.162. The van der Waals surface area contributed by atoms with E-state index >= 15 is 0 Å². The first kappa shape index (κ1) is 21.7. The highest BCUT2D eigenvalue weighted by molar-refractivity contribution is 7.19. The molecule has 0 heterocycles. The SMILES string of the molecule is CCCCCCCCCCCC(P)(C1CCCCC1)C1CCCCC1. The molecule has 2 rings (SSSR count). The zero-order valence-electron chi connectivity index (χ0n) is 17.4. The van der Waals surface area contributed by atoms with Gasteiger partial charge in [-0.3, -0.25) is 0 Å². The van der Waals surface area contributed by atoms with Gasteiger partial charge in [0.05, 0.1) is 0 Å². The smallest absolute Gasteiger partial charge is 0.00938 e. The van der Waals surface area contributed by atoms with Gasteiger partial charge >= 0.3 is 0 Å². The van der Waals surface area contributed by atoms with E-state index in [1.54, 1.807) is 0 Å². The van der Waals surface area contributed by atoms with Crippen molar-refractivity contribution in [1.29, 1.82) is 0 Å². The van der Waals surface area contributed by atoms with Gasteiger partial charge < -0.3 is 0 Å². The molecule has 148 valence electrons. The highest BCUT2D eigenvalue weighted by Crippen LogP contribution is 2.51. The lowest BCUT2D eigenvalue weighted by Crippen LogP contribution is -2.41. The normalized spacial score (nSPS) is 20.9. The van der Waals surface area contributed by atoms with Crippen molar-refractivity contribution in [2.45, 2.75) is 140 Å². The van der Waals surface area contributed by atoms with Crippen LogP contribution in [0.2, 0.25) is 0 Å². The number of hydrogen-bond acceptors (Lipinski definition) is 0. The highest BCUT2D eigenvalue weighted by Gasteiger charge is 2.41. The summed E-state index contributed by atoms with van der Waals surface area (Å²) in [6, 6.07) is 0. The molecule has 0 spiro atoms. The van der Waals surface area contributed by atoms with Crippen LogP contribution in [0, 0.1) is 11.8 Å². The Hall–Kier alpha value is 0.430. The van der Waals surface area contributed by atoms with Crippen LogP contribution in [0.3, 0.4) is 0 Å². The molecular formula is C24H47P. The van der Waals surface area contributed by atoms with E-state index in [1.165, 1.54) is 128 Å². The van der Waals surface area contributed by atoms with Crippen LogP contribution >= 0.6 is 9.24 Å². The summed E-state index contributed by atoms with van der Waals surface area (Å²) in [5, 5.41) is 0.599. The summed E-state index contributed by atoms with van der Waals surface area (Å²) in [7, 11) is 3.48. The molecule has 0 nitrogen and oxygen atoms in total. The van der Waals surface area contributed by atoms with E-state index in [2.05, 4.69) is 16.2 Å². The predicted octanol–water partition coefficient (Wildman–Crippen LogP) is 8.68. The van der Waals surface area contributed by atoms with Crippen molar-refractivity contribution >= 4 is 9.24 Å². The van der Waals surface area contributed by atoms with E-state index in [9.17, 15) is 0 Å². The summed E-state index contributed by atoms with van der Waals surface area (Å²) in [6.45, 7) is 2.31. The lowest BCUT2D eigenvalue weighted by Gasteiger charge is -2.47. The molecule has 2 fully saturated rings. The van der Waals surface area contributed by atoms with Crippen LogP contribution in [0.5, 0.6) is 0 Å². The summed E-state index contributed by atoms with van der Waals surface area (Å²) in [4.78, 5) is 0. The standard InChI is InChI=1S/C24H47P/c1-2-3-4-5-6-7-8-9-16-21-24(25,22-17-12-10-13-18-22)23-19-14-11-15-20-23/h22-23H,2-21,25H2,1H3. The van der Waals surface area contributed by atoms with Crippen molar-refractivity contribution in [3.63, 3.8) is 0 Å². The number of hydrogen-bond donors (Lipinski definition) is 0. The molecule has 0 aromatic rings. The van der Waals surface area contributed by atoms with Gasteiger partial charge in [0.1, 0.15) is 0 Å². The predicted molar refractivity (Wildman–Crippen MR) is 117 cm³/mol. The van der Waals surface area contributed by atoms with Gasteiger partial charge in [0, 0.05) is 0 Å². The fourth-order valence-corrected chi connectivity index (χ4v) is 6.63. The van der Waals surface area contributed by atoms with Crippen LogP contribution in [0.4, 0.5) is 0 Å². The van der Waals surface area contributed by atoms with Gasteiger partial charge in [0.25, 0.3) is 0 Å². The van der Waals surface area contributed by atoms with Gasteiger partial charge in [-0.05, 0) is 49.1 Å². The maximum atomic E-state index is 3.48. The molecule has 0 N–H and O–H groups in total. The highest BCUT2D eigenvalue weighted by atomic mass is 31.0. The third kappa shape index (κ3) is 7.52. The van der Waals surface area contributed by atoms with E-state index in [0.29, 0.717) is 5.16 Å². The molecular weight excluding hydrogens is 319 g/mol. The zero-order chi connectivity index (χ0) is 17.8. The Labute approximate surface area is 161 Å². The Kier molecular flexibility index (Phi) is 11.1. The molecule has 0 amide bonds. The first-order chi connectivity index (χ1) is 12.3. The first-order valence-electron chi connectivity index (χ1n) is 12.1. The molecule has 2 saturated carbocycles. The molecule has 1 unspecified atom stereocenters. The van der Waals surface area contributed by atoms with Gasteiger partial charge in [-0.15, -0.1) is 9.24 Å². The molecule has 0 aromatic carbocycles. The lowest BCUT2D eigenvalue weighted by atomic mass is 9.67. The zero-order valence-corrected chi connectivity index (χ0v) is 18.5. The Morgan fingerprint density at radius 2 is 1.00 bits per heavy atom. The fourth-order valence-electron chi connectivity index (χ4n) is 5.76. The average molecular weight is 367 g/mol. The van der Waals surface area contributed by atoms with Gasteiger partial charge in [-0.1, -0.05) is 103 Å². The molecule has 0 aliphatic heterocycles. The van der Waals surface area contributed by atoms with Gasteiger partial charge in [0.2, 0.25) is 0 Å². The molecule has 1 heteroatoms. The Morgan fingerprint density at radius 3 is 1.44 bits per heavy atom. The van der Waals surface area contributed by atoms with Gasteiger partial charge in [-0.25, -0.2) is 0 Å². The molecule has 25 heavy (non-hydrogen) atoms. The molecule has 0 bridgehead atoms. The molecule has 0 saturated heterocycles. The third-order valence-electron chi connectivity index (χ3n) is 7.44. The summed E-state index contributed by atoms with van der Waals surface area (Å²) in [5.74, 6) is 2.03. The van der Waals surface area contributed by atoms with Gasteiger partial charge in [0.15, 0.2) is 0 Å². The third-order valence-corrected chi connectivity index (χ3v) is 8.68. The van der Waals surface area contributed by atoms with Crippen molar-refractivity contribution in [1.82, 2.24) is 0 Å². The van der Waals surface area contributed by atoms with Crippen molar-refractivity contribution in [3.05, 3.63) is 0 Å². The molecule has 2 aliphatic carbocycles. The van der Waals surface area contributed by atoms with Crippen molar-refractivity contribution in [2.24, 2.45) is 11.8 Å². The minimum absolute atomic E-state index is 0.599. The first-order valence-corrected chi connectivity index (χ1v) is 12.6. The van der Waals surface area contributed by atoms with E-state index in [-0.39, 0.29) is 0 Å². The van der Waals surface area contributed by atoms with E-state index in [1.807, 2.05) is 0 Å². The van der Waals surface area contributed by atoms with Crippen LogP contribution in [-0.2, 0) is 0 Å². The molecule has 0 radical (unpaired) electrons. The van der Waals surface area contributed by atoms with E-state index in [4.69, 9.17) is 0 Å². The number of rotatable bonds is 12. The fraction of sp³-hybridized carbons (Fsp3) is 1.00. The van der Waals surface area contributed by atoms with Crippen LogP contribution < -0.4 is 0 Å². The summed E-state index contributed by atoms with van der Waals surface area (Å²) in [6.07, 6.45) is 29.8. The van der Waals surface area contributed by atoms with Crippen molar-refractivity contribution in [2.75, 3.05) is 0 Å². The minimum Gasteiger partial charge on any atom is -0.131 e. The van der Waals surface area contributed by atoms with Crippen molar-refractivity contribution < 1.29 is 0 Å². The average Bonchev–Trinajstić information content (AvgIpc) is 2.68. The van der Waals surface area contributed by atoms with E-state index in [0.717, 1.165) is 11.8 Å². The molecule has 2 aliphatic rings. The monoisotopic (exact) mass is 366 g/mol. The largest absolute Gasteiger partial charge is 0.131 e. The number of unbranched alkanes of at least 4 members (excludes halogenated alkanes) is 8. The summed E-state index contributed by atoms with van der Waals surface area (Å²) < 4.78 is 0. The van der Waals surface area contributed by atoms with E-state index < -0.39 is 0 Å². The second-order valence-electron chi connectivity index (χ2n) is 9.36. The maximum Gasteiger partial charge on any atom is -0.00938 e. The topological polar surface area (TPSA) is 0 Å².